The fourth-order valence-corrected chi connectivity index (χ4v) is 2.30. The molecular formula is C13H12N4O5S. The van der Waals surface area contributed by atoms with Crippen LogP contribution in [0.1, 0.15) is 22.3 Å². The Morgan fingerprint density at radius 2 is 2.04 bits per heavy atom. The third-order valence-electron chi connectivity index (χ3n) is 2.77. The number of ether oxygens (including phenoxy) is 1. The fourth-order valence-electron chi connectivity index (χ4n) is 1.66. The van der Waals surface area contributed by atoms with Crippen LogP contribution in [0.15, 0.2) is 24.3 Å². The standard InChI is InChI=1S/C13H12N4O5S/c1-2-10-12(23-16-15-10)13(19)22-7-11(18)14-8-3-5-9(6-4-8)17(20)21/h3-6H,2,7H2,1H3,(H,14,18). The Hall–Kier alpha value is -2.88. The summed E-state index contributed by atoms with van der Waals surface area (Å²) in [6.07, 6.45) is 0.538. The van der Waals surface area contributed by atoms with Crippen LogP contribution in [-0.2, 0) is 16.0 Å². The van der Waals surface area contributed by atoms with E-state index in [-0.39, 0.29) is 10.6 Å². The quantitative estimate of drug-likeness (QED) is 0.484. The van der Waals surface area contributed by atoms with E-state index in [0.29, 0.717) is 17.8 Å². The van der Waals surface area contributed by atoms with Gasteiger partial charge in [0.1, 0.15) is 0 Å². The van der Waals surface area contributed by atoms with Crippen molar-refractivity contribution >= 4 is 34.8 Å². The van der Waals surface area contributed by atoms with Gasteiger partial charge in [0.05, 0.1) is 10.6 Å². The number of hydrogen-bond acceptors (Lipinski definition) is 8. The predicted octanol–water partition coefficient (Wildman–Crippen LogP) is 1.80. The number of carbonyl (C=O) groups excluding carboxylic acids is 2. The molecule has 10 heteroatoms. The number of nitrogens with one attached hydrogen (secondary N) is 1. The molecule has 9 nitrogen and oxygen atoms in total. The molecule has 0 aliphatic rings. The molecule has 0 radical (unpaired) electrons. The molecule has 0 aliphatic heterocycles. The highest BCUT2D eigenvalue weighted by Crippen LogP contribution is 2.15. The van der Waals surface area contributed by atoms with Crippen molar-refractivity contribution in [1.82, 2.24) is 9.59 Å². The number of amides is 1. The number of benzene rings is 1. The van der Waals surface area contributed by atoms with Gasteiger partial charge in [0.25, 0.3) is 11.6 Å². The summed E-state index contributed by atoms with van der Waals surface area (Å²) in [5, 5.41) is 16.8. The lowest BCUT2D eigenvalue weighted by molar-refractivity contribution is -0.384. The number of aromatic nitrogens is 2. The van der Waals surface area contributed by atoms with Gasteiger partial charge < -0.3 is 10.1 Å². The van der Waals surface area contributed by atoms with Crippen molar-refractivity contribution in [3.63, 3.8) is 0 Å². The number of anilines is 1. The number of aryl methyl sites for hydroxylation is 1. The number of nitro groups is 1. The van der Waals surface area contributed by atoms with Gasteiger partial charge >= 0.3 is 5.97 Å². The number of carbonyl (C=O) groups is 2. The van der Waals surface area contributed by atoms with Crippen LogP contribution in [0.5, 0.6) is 0 Å². The average molecular weight is 336 g/mol. The molecular weight excluding hydrogens is 324 g/mol. The fraction of sp³-hybridized carbons (Fsp3) is 0.231. The normalized spacial score (nSPS) is 10.1. The number of nitro benzene ring substituents is 1. The smallest absolute Gasteiger partial charge is 0.352 e. The summed E-state index contributed by atoms with van der Waals surface area (Å²) in [6.45, 7) is 1.35. The molecule has 120 valence electrons. The van der Waals surface area contributed by atoms with E-state index in [1.807, 2.05) is 6.92 Å². The molecule has 0 spiro atoms. The lowest BCUT2D eigenvalue weighted by Gasteiger charge is -2.06. The second-order valence-electron chi connectivity index (χ2n) is 4.33. The SMILES string of the molecule is CCc1nnsc1C(=O)OCC(=O)Nc1ccc([N+](=O)[O-])cc1. The second-order valence-corrected chi connectivity index (χ2v) is 5.08. The first-order valence-corrected chi connectivity index (χ1v) is 7.31. The van der Waals surface area contributed by atoms with E-state index in [1.165, 1.54) is 24.3 Å². The predicted molar refractivity (Wildman–Crippen MR) is 81.3 cm³/mol. The first kappa shape index (κ1) is 16.5. The number of non-ortho nitro benzene ring substituents is 1. The molecule has 1 amide bonds. The van der Waals surface area contributed by atoms with Crippen LogP contribution in [0.2, 0.25) is 0 Å². The molecule has 0 aliphatic carbocycles. The van der Waals surface area contributed by atoms with E-state index >= 15 is 0 Å². The lowest BCUT2D eigenvalue weighted by atomic mass is 10.3. The monoisotopic (exact) mass is 336 g/mol. The highest BCUT2D eigenvalue weighted by atomic mass is 32.1. The summed E-state index contributed by atoms with van der Waals surface area (Å²) < 4.78 is 8.56. The molecule has 2 rings (SSSR count). The minimum Gasteiger partial charge on any atom is -0.451 e. The Balaban J connectivity index is 1.87. The van der Waals surface area contributed by atoms with Crippen molar-refractivity contribution in [2.24, 2.45) is 0 Å². The van der Waals surface area contributed by atoms with Gasteiger partial charge in [0.2, 0.25) is 0 Å². The zero-order valence-electron chi connectivity index (χ0n) is 12.0. The molecule has 0 unspecified atom stereocenters. The maximum atomic E-state index is 11.8. The van der Waals surface area contributed by atoms with E-state index in [9.17, 15) is 19.7 Å². The molecule has 23 heavy (non-hydrogen) atoms. The average Bonchev–Trinajstić information content (AvgIpc) is 3.01. The van der Waals surface area contributed by atoms with Crippen LogP contribution in [0, 0.1) is 10.1 Å². The van der Waals surface area contributed by atoms with Crippen molar-refractivity contribution in [3.05, 3.63) is 45.0 Å². The minimum absolute atomic E-state index is 0.0841. The van der Waals surface area contributed by atoms with Gasteiger partial charge in [0.15, 0.2) is 11.5 Å². The minimum atomic E-state index is -0.657. The van der Waals surface area contributed by atoms with Crippen molar-refractivity contribution in [1.29, 1.82) is 0 Å². The molecule has 1 N–H and O–H groups in total. The zero-order valence-corrected chi connectivity index (χ0v) is 12.8. The molecule has 0 saturated heterocycles. The summed E-state index contributed by atoms with van der Waals surface area (Å²) in [5.74, 6) is -1.21. The topological polar surface area (TPSA) is 124 Å². The maximum absolute atomic E-state index is 11.8. The summed E-state index contributed by atoms with van der Waals surface area (Å²) in [5.41, 5.74) is 0.806. The van der Waals surface area contributed by atoms with Crippen LogP contribution < -0.4 is 5.32 Å². The number of esters is 1. The maximum Gasteiger partial charge on any atom is 0.352 e. The van der Waals surface area contributed by atoms with Crippen molar-refractivity contribution in [2.75, 3.05) is 11.9 Å². The lowest BCUT2D eigenvalue weighted by Crippen LogP contribution is -2.21. The number of rotatable bonds is 6. The van der Waals surface area contributed by atoms with E-state index in [2.05, 4.69) is 14.9 Å². The molecule has 1 heterocycles. The van der Waals surface area contributed by atoms with Crippen molar-refractivity contribution in [2.45, 2.75) is 13.3 Å². The van der Waals surface area contributed by atoms with E-state index in [4.69, 9.17) is 4.74 Å². The van der Waals surface area contributed by atoms with E-state index < -0.39 is 23.4 Å². The molecule has 0 atom stereocenters. The van der Waals surface area contributed by atoms with Crippen LogP contribution in [0.3, 0.4) is 0 Å². The molecule has 1 aromatic carbocycles. The Kier molecular flexibility index (Phi) is 5.31. The second kappa shape index (κ2) is 7.40. The van der Waals surface area contributed by atoms with Gasteiger partial charge in [-0.2, -0.15) is 0 Å². The van der Waals surface area contributed by atoms with Gasteiger partial charge in [0, 0.05) is 17.8 Å². The van der Waals surface area contributed by atoms with Crippen LogP contribution >= 0.6 is 11.5 Å². The largest absolute Gasteiger partial charge is 0.451 e. The van der Waals surface area contributed by atoms with Crippen LogP contribution in [-0.4, -0.2) is 33.0 Å². The first-order valence-electron chi connectivity index (χ1n) is 6.54. The van der Waals surface area contributed by atoms with E-state index in [1.54, 1.807) is 0 Å². The summed E-state index contributed by atoms with van der Waals surface area (Å²) in [7, 11) is 0. The summed E-state index contributed by atoms with van der Waals surface area (Å²) in [4.78, 5) is 33.8. The van der Waals surface area contributed by atoms with Crippen molar-refractivity contribution < 1.29 is 19.2 Å². The van der Waals surface area contributed by atoms with E-state index in [0.717, 1.165) is 11.5 Å². The molecule has 0 saturated carbocycles. The molecule has 0 bridgehead atoms. The first-order chi connectivity index (χ1) is 11.0. The van der Waals surface area contributed by atoms with Gasteiger partial charge in [-0.05, 0) is 30.1 Å². The van der Waals surface area contributed by atoms with Crippen LogP contribution in [0.4, 0.5) is 11.4 Å². The molecule has 2 aromatic rings. The van der Waals surface area contributed by atoms with Crippen molar-refractivity contribution in [3.8, 4) is 0 Å². The third-order valence-corrected chi connectivity index (χ3v) is 3.52. The molecule has 1 aromatic heterocycles. The molecule has 0 fully saturated rings. The van der Waals surface area contributed by atoms with Gasteiger partial charge in [-0.25, -0.2) is 4.79 Å². The zero-order chi connectivity index (χ0) is 16.8. The van der Waals surface area contributed by atoms with Crippen LogP contribution in [0.25, 0.3) is 0 Å². The number of hydrogen-bond donors (Lipinski definition) is 1. The Labute approximate surface area is 134 Å². The highest BCUT2D eigenvalue weighted by molar-refractivity contribution is 7.07. The third kappa shape index (κ3) is 4.30. The highest BCUT2D eigenvalue weighted by Gasteiger charge is 2.17. The Morgan fingerprint density at radius 3 is 2.65 bits per heavy atom. The Bertz CT molecular complexity index is 728. The summed E-state index contributed by atoms with van der Waals surface area (Å²) >= 11 is 0.911. The Morgan fingerprint density at radius 1 is 1.35 bits per heavy atom. The summed E-state index contributed by atoms with van der Waals surface area (Å²) in [6, 6.07) is 5.30. The van der Waals surface area contributed by atoms with Gasteiger partial charge in [-0.3, -0.25) is 14.9 Å². The van der Waals surface area contributed by atoms with Gasteiger partial charge in [-0.15, -0.1) is 5.10 Å². The number of nitrogens with zero attached hydrogens (tertiary/aromatic N) is 3. The van der Waals surface area contributed by atoms with Gasteiger partial charge in [-0.1, -0.05) is 11.4 Å².